The number of hydrogen-bond donors (Lipinski definition) is 0. The molecule has 3 saturated carbocycles. The van der Waals surface area contributed by atoms with Gasteiger partial charge in [0.25, 0.3) is 0 Å². The molecule has 0 aromatic heterocycles. The molecule has 6 aromatic rings. The Kier molecular flexibility index (Phi) is 34.5. The van der Waals surface area contributed by atoms with E-state index >= 15 is 0 Å². The summed E-state index contributed by atoms with van der Waals surface area (Å²) in [7, 11) is 0. The van der Waals surface area contributed by atoms with E-state index in [2.05, 4.69) is 253 Å². The molecule has 0 radical (unpaired) electrons. The third-order valence-corrected chi connectivity index (χ3v) is 14.5. The molecule has 0 N–H and O–H groups in total. The molecule has 402 valence electrons. The first-order chi connectivity index (χ1) is 34.5. The van der Waals surface area contributed by atoms with Crippen molar-refractivity contribution in [2.24, 2.45) is 23.7 Å². The molecule has 3 aliphatic carbocycles. The summed E-state index contributed by atoms with van der Waals surface area (Å²) in [5.41, 5.74) is 18.0. The lowest BCUT2D eigenvalue weighted by atomic mass is 9.84. The molecule has 9 rings (SSSR count). The van der Waals surface area contributed by atoms with E-state index in [9.17, 15) is 0 Å². The molecule has 2 atom stereocenters. The summed E-state index contributed by atoms with van der Waals surface area (Å²) in [6, 6.07) is 48.7. The number of aryl methyl sites for hydroxylation is 11. The van der Waals surface area contributed by atoms with Crippen molar-refractivity contribution in [2.75, 3.05) is 0 Å². The van der Waals surface area contributed by atoms with E-state index in [-0.39, 0.29) is 5.41 Å². The molecule has 0 saturated heterocycles. The van der Waals surface area contributed by atoms with Gasteiger partial charge in [0.2, 0.25) is 0 Å². The van der Waals surface area contributed by atoms with Crippen LogP contribution in [0.4, 0.5) is 0 Å². The first-order valence-corrected chi connectivity index (χ1v) is 28.7. The molecule has 6 aromatic carbocycles. The zero-order valence-electron chi connectivity index (χ0n) is 50.8. The third kappa shape index (κ3) is 34.4. The minimum absolute atomic E-state index is 0.285. The van der Waals surface area contributed by atoms with Gasteiger partial charge in [0.1, 0.15) is 0 Å². The van der Waals surface area contributed by atoms with Gasteiger partial charge in [-0.1, -0.05) is 304 Å². The van der Waals surface area contributed by atoms with Crippen LogP contribution in [0.2, 0.25) is 0 Å². The third-order valence-electron chi connectivity index (χ3n) is 14.5. The normalized spacial score (nSPS) is 15.9. The molecule has 0 nitrogen and oxygen atoms in total. The molecule has 3 fully saturated rings. The van der Waals surface area contributed by atoms with Gasteiger partial charge >= 0.3 is 0 Å². The monoisotopic (exact) mass is 987 g/mol. The Morgan fingerprint density at radius 3 is 0.877 bits per heavy atom. The highest BCUT2D eigenvalue weighted by Gasteiger charge is 2.14. The van der Waals surface area contributed by atoms with Gasteiger partial charge in [-0.15, -0.1) is 0 Å². The standard InChI is InChI=1S/C11H16.C10H14.C8H10.C8H16.2C8H10.C7H14.C7H8.C6H12/c1-9-5-7-10(8-6-9)11(2,3)4;1-7-5-8(2)10(4)9(3)6-7;1-7-3-5-8(2)6-4-7;2*1-7-4-3-5-8(2)6-7;1-7-5-3-4-6-8(7)2;2*1-7-5-3-2-4-6-7;1-6-4-2-3-5-6/h5-8H,1-4H3;5-6H,1-4H3;3-6H,1-2H3;7-8H,3-6H2,1-2H3;2*3-6H,1-2H3;7H,2-6H2,1H3;2-6H,1H3;6H,2-5H2,1H3. The highest BCUT2D eigenvalue weighted by Crippen LogP contribution is 2.28. The van der Waals surface area contributed by atoms with Crippen molar-refractivity contribution < 1.29 is 0 Å². The van der Waals surface area contributed by atoms with Crippen molar-refractivity contribution in [3.8, 4) is 0 Å². The summed E-state index contributed by atoms with van der Waals surface area (Å²) in [4.78, 5) is 0. The van der Waals surface area contributed by atoms with Crippen molar-refractivity contribution in [3.05, 3.63) is 212 Å². The molecule has 0 bridgehead atoms. The van der Waals surface area contributed by atoms with Crippen LogP contribution in [0.15, 0.2) is 140 Å². The second kappa shape index (κ2) is 38.0. The van der Waals surface area contributed by atoms with Crippen LogP contribution in [0.1, 0.15) is 204 Å². The van der Waals surface area contributed by atoms with E-state index in [0.717, 1.165) is 23.7 Å². The number of rotatable bonds is 0. The first-order valence-electron chi connectivity index (χ1n) is 28.7. The van der Waals surface area contributed by atoms with Crippen LogP contribution >= 0.6 is 0 Å². The molecule has 0 heterocycles. The van der Waals surface area contributed by atoms with E-state index in [1.807, 2.05) is 18.2 Å². The van der Waals surface area contributed by atoms with Gasteiger partial charge in [-0.25, -0.2) is 0 Å². The zero-order valence-corrected chi connectivity index (χ0v) is 50.8. The highest BCUT2D eigenvalue weighted by atomic mass is 14.2. The van der Waals surface area contributed by atoms with E-state index in [4.69, 9.17) is 0 Å². The summed E-state index contributed by atoms with van der Waals surface area (Å²) in [6.45, 7) is 41.6. The zero-order chi connectivity index (χ0) is 54.8. The second-order valence-corrected chi connectivity index (χ2v) is 23.7. The fourth-order valence-electron chi connectivity index (χ4n) is 9.12. The molecule has 3 aliphatic rings. The summed E-state index contributed by atoms with van der Waals surface area (Å²) in [6.07, 6.45) is 19.3. The molecule has 0 aliphatic heterocycles. The van der Waals surface area contributed by atoms with Crippen molar-refractivity contribution in [3.63, 3.8) is 0 Å². The maximum absolute atomic E-state index is 2.37. The lowest BCUT2D eigenvalue weighted by Gasteiger charge is -2.22. The summed E-state index contributed by atoms with van der Waals surface area (Å²) >= 11 is 0. The van der Waals surface area contributed by atoms with Crippen LogP contribution in [-0.4, -0.2) is 0 Å². The van der Waals surface area contributed by atoms with E-state index in [1.54, 1.807) is 0 Å². The van der Waals surface area contributed by atoms with E-state index in [1.165, 1.54) is 156 Å². The highest BCUT2D eigenvalue weighted by molar-refractivity contribution is 5.36. The van der Waals surface area contributed by atoms with Gasteiger partial charge in [0, 0.05) is 0 Å². The van der Waals surface area contributed by atoms with E-state index in [0.29, 0.717) is 0 Å². The first kappa shape index (κ1) is 66.3. The topological polar surface area (TPSA) is 0 Å². The van der Waals surface area contributed by atoms with Crippen molar-refractivity contribution >= 4 is 0 Å². The fraction of sp³-hybridized carbons (Fsp3) is 0.507. The van der Waals surface area contributed by atoms with Crippen molar-refractivity contribution in [1.29, 1.82) is 0 Å². The van der Waals surface area contributed by atoms with Crippen molar-refractivity contribution in [2.45, 2.75) is 220 Å². The lowest BCUT2D eigenvalue weighted by molar-refractivity contribution is 0.301. The van der Waals surface area contributed by atoms with Gasteiger partial charge in [-0.2, -0.15) is 0 Å². The Labute approximate surface area is 453 Å². The average molecular weight is 988 g/mol. The van der Waals surface area contributed by atoms with Crippen LogP contribution in [0.3, 0.4) is 0 Å². The molecule has 0 spiro atoms. The molecule has 73 heavy (non-hydrogen) atoms. The fourth-order valence-corrected chi connectivity index (χ4v) is 9.12. The quantitative estimate of drug-likeness (QED) is 0.142. The molecular weight excluding hydrogens is 877 g/mol. The minimum Gasteiger partial charge on any atom is -0.0625 e. The molecule has 0 amide bonds. The Hall–Kier alpha value is -4.68. The number of benzene rings is 6. The van der Waals surface area contributed by atoms with Gasteiger partial charge in [-0.3, -0.25) is 0 Å². The van der Waals surface area contributed by atoms with Crippen LogP contribution in [0.5, 0.6) is 0 Å². The summed E-state index contributed by atoms with van der Waals surface area (Å²) in [5.74, 6) is 4.11. The lowest BCUT2D eigenvalue weighted by Crippen LogP contribution is -2.10. The SMILES string of the molecule is CC1CCCC(C)C1.CC1CCCC1.CC1CCCCC1.Cc1cc(C)c(C)c(C)c1.Cc1ccc(C(C)(C)C)cc1.Cc1ccc(C)cc1.Cc1cccc(C)c1.Cc1ccccc1.Cc1ccccc1C. The smallest absolute Gasteiger partial charge is 0.0132 e. The van der Waals surface area contributed by atoms with Crippen molar-refractivity contribution in [1.82, 2.24) is 0 Å². The second-order valence-electron chi connectivity index (χ2n) is 23.7. The van der Waals surface area contributed by atoms with Gasteiger partial charge < -0.3 is 0 Å². The van der Waals surface area contributed by atoms with Crippen LogP contribution < -0.4 is 0 Å². The predicted octanol–water partition coefficient (Wildman–Crippen LogP) is 22.7. The molecule has 0 heteroatoms. The Bertz CT molecular complexity index is 2160. The van der Waals surface area contributed by atoms with Gasteiger partial charge in [-0.05, 0) is 152 Å². The maximum atomic E-state index is 2.37. The largest absolute Gasteiger partial charge is 0.0625 e. The van der Waals surface area contributed by atoms with Gasteiger partial charge in [0.05, 0.1) is 0 Å². The predicted molar refractivity (Wildman–Crippen MR) is 331 cm³/mol. The Morgan fingerprint density at radius 1 is 0.288 bits per heavy atom. The Balaban J connectivity index is 0.000000412. The maximum Gasteiger partial charge on any atom is -0.0132 e. The minimum atomic E-state index is 0.285. The van der Waals surface area contributed by atoms with Crippen LogP contribution in [0.25, 0.3) is 0 Å². The average Bonchev–Trinajstić information content (AvgIpc) is 3.83. The molecule has 2 unspecified atom stereocenters. The van der Waals surface area contributed by atoms with Crippen LogP contribution in [0, 0.1) is 107 Å². The van der Waals surface area contributed by atoms with Gasteiger partial charge in [0.15, 0.2) is 0 Å². The Morgan fingerprint density at radius 2 is 0.616 bits per heavy atom. The number of hydrogen-bond acceptors (Lipinski definition) is 0. The summed E-state index contributed by atoms with van der Waals surface area (Å²) in [5, 5.41) is 0. The van der Waals surface area contributed by atoms with Crippen LogP contribution in [-0.2, 0) is 5.41 Å². The summed E-state index contributed by atoms with van der Waals surface area (Å²) < 4.78 is 0. The molecular formula is C73H110. The van der Waals surface area contributed by atoms with E-state index < -0.39 is 0 Å².